The maximum Gasteiger partial charge on any atom is 0.306 e. The number of nitrogens with one attached hydrogen (secondary N) is 2. The van der Waals surface area contributed by atoms with Crippen molar-refractivity contribution in [2.24, 2.45) is 0 Å². The molecule has 0 spiro atoms. The highest BCUT2D eigenvalue weighted by atomic mass is 15.7. The first-order chi connectivity index (χ1) is 22.0. The van der Waals surface area contributed by atoms with Crippen LogP contribution in [0.1, 0.15) is 221 Å². The summed E-state index contributed by atoms with van der Waals surface area (Å²) in [5.41, 5.74) is 5.85. The molecule has 0 bridgehead atoms. The average molecular weight is 713 g/mol. The molecule has 0 unspecified atom stereocenters. The van der Waals surface area contributed by atoms with Crippen molar-refractivity contribution >= 4 is 0 Å². The number of H-pyrrole nitrogens is 2. The monoisotopic (exact) mass is 713 g/mol. The highest BCUT2D eigenvalue weighted by Gasteiger charge is 2.41. The lowest BCUT2D eigenvalue weighted by Crippen LogP contribution is -2.63. The second kappa shape index (κ2) is 14.4. The Morgan fingerprint density at radius 2 is 1.00 bits per heavy atom. The van der Waals surface area contributed by atoms with Crippen molar-refractivity contribution < 1.29 is 9.25 Å². The van der Waals surface area contributed by atoms with E-state index in [4.69, 9.17) is 0 Å². The third kappa shape index (κ3) is 12.0. The standard InChI is InChI=1S/2C15H28N2.C13H27N4/c1-13(2,3)11-10-16-12(14(4,5)6)17(11)15(7,8)9;1-13(2,3)10-11(14(4,5)6)16-17-12(10)15(7,8)9;1-11(2,3)10-14-15-17(13(7,8)9)16(10)12(4,5)6/h10H,1-9H3;1-9H3,(H,16,17);1-9H3/q;;+1/p+1. The molecule has 0 saturated heterocycles. The van der Waals surface area contributed by atoms with Crippen LogP contribution in [0.5, 0.6) is 0 Å². The summed E-state index contributed by atoms with van der Waals surface area (Å²) in [6.07, 6.45) is 2.17. The van der Waals surface area contributed by atoms with E-state index in [2.05, 4.69) is 228 Å². The fourth-order valence-electron chi connectivity index (χ4n) is 6.11. The zero-order valence-corrected chi connectivity index (χ0v) is 38.8. The van der Waals surface area contributed by atoms with E-state index in [0.29, 0.717) is 0 Å². The lowest BCUT2D eigenvalue weighted by Gasteiger charge is -2.29. The van der Waals surface area contributed by atoms with Crippen LogP contribution in [0.15, 0.2) is 6.20 Å². The Balaban J connectivity index is 0.000000382. The zero-order valence-electron chi connectivity index (χ0n) is 38.8. The Morgan fingerprint density at radius 3 is 1.29 bits per heavy atom. The van der Waals surface area contributed by atoms with Crippen molar-refractivity contribution in [2.75, 3.05) is 0 Å². The van der Waals surface area contributed by atoms with Gasteiger partial charge in [0.05, 0.1) is 16.5 Å². The van der Waals surface area contributed by atoms with Gasteiger partial charge in [-0.25, -0.2) is 9.55 Å². The molecule has 0 aromatic carbocycles. The largest absolute Gasteiger partial charge is 0.306 e. The molecule has 0 aliphatic rings. The van der Waals surface area contributed by atoms with Gasteiger partial charge in [0.1, 0.15) is 33.6 Å². The van der Waals surface area contributed by atoms with Gasteiger partial charge in [0.2, 0.25) is 0 Å². The van der Waals surface area contributed by atoms with Gasteiger partial charge in [-0.05, 0) is 109 Å². The number of tetrazole rings is 1. The molecular weight excluding hydrogens is 629 g/mol. The quantitative estimate of drug-likeness (QED) is 0.228. The molecular formula is C43H84N8+2. The molecule has 3 aromatic heterocycles. The minimum absolute atomic E-state index is 0.00319. The summed E-state index contributed by atoms with van der Waals surface area (Å²) in [6, 6.07) is 0. The van der Waals surface area contributed by atoms with Crippen LogP contribution in [0.2, 0.25) is 0 Å². The van der Waals surface area contributed by atoms with Crippen LogP contribution in [0.4, 0.5) is 0 Å². The van der Waals surface area contributed by atoms with E-state index in [-0.39, 0.29) is 49.1 Å². The molecule has 0 radical (unpaired) electrons. The van der Waals surface area contributed by atoms with Gasteiger partial charge >= 0.3 is 5.82 Å². The molecule has 8 nitrogen and oxygen atoms in total. The van der Waals surface area contributed by atoms with Gasteiger partial charge in [-0.1, -0.05) is 87.9 Å². The average Bonchev–Trinajstić information content (AvgIpc) is 3.58. The first kappa shape index (κ1) is 46.5. The predicted octanol–water partition coefficient (Wildman–Crippen LogP) is 10.3. The summed E-state index contributed by atoms with van der Waals surface area (Å²) in [5, 5.41) is 16.6. The lowest BCUT2D eigenvalue weighted by molar-refractivity contribution is -0.842. The fourth-order valence-corrected chi connectivity index (χ4v) is 6.11. The smallest absolute Gasteiger partial charge is 0.281 e. The minimum atomic E-state index is -0.0657. The van der Waals surface area contributed by atoms with Crippen LogP contribution < -0.4 is 9.25 Å². The first-order valence-electron chi connectivity index (χ1n) is 19.2. The number of hydrogen-bond donors (Lipinski definition) is 2. The Kier molecular flexibility index (Phi) is 13.1. The molecule has 294 valence electrons. The van der Waals surface area contributed by atoms with Crippen LogP contribution in [-0.2, 0) is 49.1 Å². The molecule has 3 rings (SSSR count). The van der Waals surface area contributed by atoms with E-state index in [1.165, 1.54) is 28.5 Å². The van der Waals surface area contributed by atoms with Gasteiger partial charge < -0.3 is 0 Å². The van der Waals surface area contributed by atoms with Crippen molar-refractivity contribution in [1.82, 2.24) is 30.3 Å². The molecule has 2 N–H and O–H groups in total. The SMILES string of the molecule is CC(C)(C)c1c[nH]c(C(C)(C)C)[n+]1C(C)(C)C.CC(C)(C)c1n[nH]c(C(C)(C)C)c1C(C)(C)C.CC(C)(C)c1nnn(C(C)(C)C)[n+]1C(C)(C)C. The van der Waals surface area contributed by atoms with E-state index < -0.39 is 0 Å². The second-order valence-corrected chi connectivity index (χ2v) is 23.8. The van der Waals surface area contributed by atoms with E-state index in [1.54, 1.807) is 0 Å². The summed E-state index contributed by atoms with van der Waals surface area (Å²) in [5.74, 6) is 2.33. The van der Waals surface area contributed by atoms with Gasteiger partial charge in [-0.3, -0.25) is 5.10 Å². The van der Waals surface area contributed by atoms with Gasteiger partial charge in [0.15, 0.2) is 5.21 Å². The fraction of sp³-hybridized carbons (Fsp3) is 0.837. The molecule has 0 aliphatic heterocycles. The molecule has 0 saturated carbocycles. The molecule has 0 atom stereocenters. The van der Waals surface area contributed by atoms with Crippen LogP contribution in [0, 0.1) is 0 Å². The van der Waals surface area contributed by atoms with Crippen molar-refractivity contribution in [3.63, 3.8) is 0 Å². The van der Waals surface area contributed by atoms with Gasteiger partial charge in [0.25, 0.3) is 5.82 Å². The lowest BCUT2D eigenvalue weighted by atomic mass is 9.74. The molecule has 51 heavy (non-hydrogen) atoms. The zero-order chi connectivity index (χ0) is 40.9. The highest BCUT2D eigenvalue weighted by Crippen LogP contribution is 2.39. The normalized spacial score (nSPS) is 14.2. The molecule has 0 fully saturated rings. The molecule has 8 heteroatoms. The van der Waals surface area contributed by atoms with E-state index in [9.17, 15) is 0 Å². The highest BCUT2D eigenvalue weighted by molar-refractivity contribution is 5.39. The summed E-state index contributed by atoms with van der Waals surface area (Å²) in [4.78, 5) is 5.48. The summed E-state index contributed by atoms with van der Waals surface area (Å²) < 4.78 is 4.68. The van der Waals surface area contributed by atoms with Crippen molar-refractivity contribution in [3.8, 4) is 0 Å². The van der Waals surface area contributed by atoms with Crippen LogP contribution in [0.3, 0.4) is 0 Å². The van der Waals surface area contributed by atoms with Crippen LogP contribution in [0.25, 0.3) is 0 Å². The predicted molar refractivity (Wildman–Crippen MR) is 217 cm³/mol. The third-order valence-corrected chi connectivity index (χ3v) is 8.46. The number of rotatable bonds is 0. The van der Waals surface area contributed by atoms with Crippen molar-refractivity contribution in [1.29, 1.82) is 0 Å². The van der Waals surface area contributed by atoms with E-state index in [1.807, 2.05) is 4.80 Å². The molecule has 0 aliphatic carbocycles. The third-order valence-electron chi connectivity index (χ3n) is 8.46. The summed E-state index contributed by atoms with van der Waals surface area (Å²) in [6.45, 7) is 60.1. The number of imidazole rings is 1. The Morgan fingerprint density at radius 1 is 0.529 bits per heavy atom. The summed E-state index contributed by atoms with van der Waals surface area (Å²) in [7, 11) is 0. The topological polar surface area (TPSA) is 82.9 Å². The van der Waals surface area contributed by atoms with Gasteiger partial charge in [0, 0.05) is 27.5 Å². The van der Waals surface area contributed by atoms with Gasteiger partial charge in [-0.15, -0.1) is 0 Å². The Bertz CT molecular complexity index is 1280. The number of hydrogen-bond acceptors (Lipinski definition) is 3. The summed E-state index contributed by atoms with van der Waals surface area (Å²) >= 11 is 0. The second-order valence-electron chi connectivity index (χ2n) is 23.8. The van der Waals surface area contributed by atoms with Crippen molar-refractivity contribution in [2.45, 2.75) is 236 Å². The minimum Gasteiger partial charge on any atom is -0.281 e. The molecule has 3 heterocycles. The Hall–Kier alpha value is -2.51. The maximum absolute atomic E-state index is 4.60. The van der Waals surface area contributed by atoms with E-state index >= 15 is 0 Å². The first-order valence-corrected chi connectivity index (χ1v) is 19.2. The molecule has 0 amide bonds. The number of aromatic nitrogens is 8. The maximum atomic E-state index is 4.60. The number of nitrogens with zero attached hydrogens (tertiary/aromatic N) is 6. The molecule has 3 aromatic rings. The van der Waals surface area contributed by atoms with Crippen LogP contribution >= 0.6 is 0 Å². The van der Waals surface area contributed by atoms with E-state index in [0.717, 1.165) is 5.82 Å². The van der Waals surface area contributed by atoms with Crippen LogP contribution in [-0.4, -0.2) is 30.3 Å². The number of aromatic amines is 2. The Labute approximate surface area is 315 Å². The van der Waals surface area contributed by atoms with Gasteiger partial charge in [-0.2, -0.15) is 9.78 Å². The van der Waals surface area contributed by atoms with Crippen molar-refractivity contribution in [3.05, 3.63) is 40.5 Å².